The molecule has 17 heavy (non-hydrogen) atoms. The summed E-state index contributed by atoms with van der Waals surface area (Å²) in [6.45, 7) is 2.02. The zero-order valence-corrected chi connectivity index (χ0v) is 10.8. The molecular weight excluding hydrogens is 238 g/mol. The van der Waals surface area contributed by atoms with E-state index in [1.165, 1.54) is 4.90 Å². The fourth-order valence-electron chi connectivity index (χ4n) is 1.38. The van der Waals surface area contributed by atoms with Crippen LogP contribution in [0.1, 0.15) is 6.92 Å². The molecule has 0 spiro atoms. The molecule has 1 amide bonds. The van der Waals surface area contributed by atoms with Gasteiger partial charge in [0, 0.05) is 20.3 Å². The second kappa shape index (κ2) is 6.12. The molecule has 1 heterocycles. The Bertz CT molecular complexity index is 463. The van der Waals surface area contributed by atoms with Crippen molar-refractivity contribution in [3.05, 3.63) is 17.4 Å². The molecule has 1 rings (SSSR count). The van der Waals surface area contributed by atoms with E-state index in [0.29, 0.717) is 23.8 Å². The number of carbonyl (C=O) groups excluding carboxylic acids is 1. The van der Waals surface area contributed by atoms with E-state index in [0.717, 1.165) is 5.69 Å². The molecule has 5 heteroatoms. The third-order valence-electron chi connectivity index (χ3n) is 2.18. The molecule has 0 N–H and O–H groups in total. The second-order valence-corrected chi connectivity index (χ2v) is 3.88. The number of aromatic nitrogens is 1. The maximum atomic E-state index is 11.1. The lowest BCUT2D eigenvalue weighted by Gasteiger charge is -2.23. The van der Waals surface area contributed by atoms with E-state index in [4.69, 9.17) is 11.6 Å². The van der Waals surface area contributed by atoms with Crippen LogP contribution in [-0.4, -0.2) is 32.0 Å². The molecule has 1 aromatic heterocycles. The average molecular weight is 252 g/mol. The Labute approximate surface area is 106 Å². The topological polar surface area (TPSA) is 36.4 Å². The first kappa shape index (κ1) is 13.3. The van der Waals surface area contributed by atoms with Crippen LogP contribution in [-0.2, 0) is 4.79 Å². The minimum absolute atomic E-state index is 0.293. The fraction of sp³-hybridized carbons (Fsp3) is 0.333. The fourth-order valence-corrected chi connectivity index (χ4v) is 1.64. The predicted molar refractivity (Wildman–Crippen MR) is 70.4 cm³/mol. The van der Waals surface area contributed by atoms with Crippen LogP contribution in [0.4, 0.5) is 11.4 Å². The van der Waals surface area contributed by atoms with E-state index in [1.54, 1.807) is 19.2 Å². The van der Waals surface area contributed by atoms with Gasteiger partial charge in [-0.1, -0.05) is 17.5 Å². The Hall–Kier alpha value is -1.73. The van der Waals surface area contributed by atoms with Crippen molar-refractivity contribution in [2.24, 2.45) is 0 Å². The number of carbonyl (C=O) groups is 1. The molecule has 0 aliphatic heterocycles. The lowest BCUT2D eigenvalue weighted by molar-refractivity contribution is -0.107. The van der Waals surface area contributed by atoms with Gasteiger partial charge >= 0.3 is 0 Å². The summed E-state index contributed by atoms with van der Waals surface area (Å²) in [5.74, 6) is 5.57. The average Bonchev–Trinajstić information content (AvgIpc) is 2.31. The zero-order valence-electron chi connectivity index (χ0n) is 10.1. The molecule has 0 saturated heterocycles. The largest absolute Gasteiger partial charge is 0.376 e. The Balaban J connectivity index is 3.23. The molecule has 0 aliphatic rings. The van der Waals surface area contributed by atoms with E-state index in [-0.39, 0.29) is 0 Å². The number of nitrogens with zero attached hydrogens (tertiary/aromatic N) is 3. The highest BCUT2D eigenvalue weighted by Gasteiger charge is 2.16. The Kier molecular flexibility index (Phi) is 4.80. The van der Waals surface area contributed by atoms with Crippen molar-refractivity contribution in [3.8, 4) is 11.8 Å². The minimum atomic E-state index is 0.293. The molecular formula is C12H14ClN3O. The molecule has 4 nitrogen and oxygen atoms in total. The summed E-state index contributed by atoms with van der Waals surface area (Å²) in [6.07, 6.45) is 2.32. The molecule has 0 saturated carbocycles. The van der Waals surface area contributed by atoms with Crippen molar-refractivity contribution in [2.45, 2.75) is 6.92 Å². The van der Waals surface area contributed by atoms with Gasteiger partial charge < -0.3 is 4.90 Å². The maximum absolute atomic E-state index is 11.1. The van der Waals surface area contributed by atoms with E-state index in [9.17, 15) is 4.79 Å². The SMILES string of the molecule is CC#CCN(C=O)c1c(N(C)C)ccnc1Cl. The van der Waals surface area contributed by atoms with Gasteiger partial charge in [-0.05, 0) is 13.0 Å². The van der Waals surface area contributed by atoms with Crippen LogP contribution in [0.15, 0.2) is 12.3 Å². The van der Waals surface area contributed by atoms with Crippen molar-refractivity contribution >= 4 is 29.4 Å². The highest BCUT2D eigenvalue weighted by atomic mass is 35.5. The Morgan fingerprint density at radius 3 is 2.76 bits per heavy atom. The van der Waals surface area contributed by atoms with Gasteiger partial charge in [0.1, 0.15) is 5.69 Å². The van der Waals surface area contributed by atoms with Gasteiger partial charge in [0.05, 0.1) is 12.2 Å². The highest BCUT2D eigenvalue weighted by molar-refractivity contribution is 6.33. The second-order valence-electron chi connectivity index (χ2n) is 3.52. The van der Waals surface area contributed by atoms with Crippen molar-refractivity contribution in [3.63, 3.8) is 0 Å². The molecule has 0 radical (unpaired) electrons. The summed E-state index contributed by atoms with van der Waals surface area (Å²) in [5, 5.41) is 0.293. The first-order valence-electron chi connectivity index (χ1n) is 5.05. The van der Waals surface area contributed by atoms with Gasteiger partial charge in [-0.3, -0.25) is 9.69 Å². The molecule has 0 aliphatic carbocycles. The number of rotatable bonds is 4. The number of amides is 1. The number of halogens is 1. The van der Waals surface area contributed by atoms with Crippen LogP contribution in [0.5, 0.6) is 0 Å². The predicted octanol–water partition coefficient (Wildman–Crippen LogP) is 1.79. The van der Waals surface area contributed by atoms with Gasteiger partial charge in [-0.25, -0.2) is 4.98 Å². The third kappa shape index (κ3) is 3.11. The standard InChI is InChI=1S/C12H14ClN3O/c1-4-5-8-16(9-17)11-10(15(2)3)6-7-14-12(11)13/h6-7,9H,8H2,1-3H3. The maximum Gasteiger partial charge on any atom is 0.215 e. The van der Waals surface area contributed by atoms with E-state index in [1.807, 2.05) is 19.0 Å². The van der Waals surface area contributed by atoms with Crippen LogP contribution in [0.3, 0.4) is 0 Å². The van der Waals surface area contributed by atoms with E-state index in [2.05, 4.69) is 16.8 Å². The Morgan fingerprint density at radius 1 is 1.53 bits per heavy atom. The van der Waals surface area contributed by atoms with E-state index >= 15 is 0 Å². The first-order chi connectivity index (χ1) is 8.11. The van der Waals surface area contributed by atoms with E-state index < -0.39 is 0 Å². The lowest BCUT2D eigenvalue weighted by Crippen LogP contribution is -2.25. The van der Waals surface area contributed by atoms with Crippen LogP contribution in [0.2, 0.25) is 5.15 Å². The van der Waals surface area contributed by atoms with Crippen LogP contribution < -0.4 is 9.80 Å². The van der Waals surface area contributed by atoms with Gasteiger partial charge in [-0.2, -0.15) is 0 Å². The summed E-state index contributed by atoms with van der Waals surface area (Å²) >= 11 is 6.04. The van der Waals surface area contributed by atoms with Crippen molar-refractivity contribution in [2.75, 3.05) is 30.4 Å². The van der Waals surface area contributed by atoms with Gasteiger partial charge in [-0.15, -0.1) is 5.92 Å². The zero-order chi connectivity index (χ0) is 12.8. The molecule has 1 aromatic rings. The molecule has 0 fully saturated rings. The molecule has 0 unspecified atom stereocenters. The number of anilines is 2. The molecule has 0 bridgehead atoms. The van der Waals surface area contributed by atoms with Crippen molar-refractivity contribution in [1.82, 2.24) is 4.98 Å². The summed E-state index contributed by atoms with van der Waals surface area (Å²) < 4.78 is 0. The highest BCUT2D eigenvalue weighted by Crippen LogP contribution is 2.32. The van der Waals surface area contributed by atoms with Crippen molar-refractivity contribution in [1.29, 1.82) is 0 Å². The normalized spacial score (nSPS) is 9.18. The summed E-state index contributed by atoms with van der Waals surface area (Å²) in [7, 11) is 3.76. The monoisotopic (exact) mass is 251 g/mol. The van der Waals surface area contributed by atoms with Crippen LogP contribution in [0, 0.1) is 11.8 Å². The first-order valence-corrected chi connectivity index (χ1v) is 5.43. The van der Waals surface area contributed by atoms with Gasteiger partial charge in [0.15, 0.2) is 5.15 Å². The quantitative estimate of drug-likeness (QED) is 0.465. The summed E-state index contributed by atoms with van der Waals surface area (Å²) in [4.78, 5) is 18.4. The third-order valence-corrected chi connectivity index (χ3v) is 2.46. The number of pyridine rings is 1. The molecule has 0 atom stereocenters. The van der Waals surface area contributed by atoms with Crippen molar-refractivity contribution < 1.29 is 4.79 Å². The van der Waals surface area contributed by atoms with Gasteiger partial charge in [0.25, 0.3) is 0 Å². The van der Waals surface area contributed by atoms with Crippen LogP contribution >= 0.6 is 11.6 Å². The lowest BCUT2D eigenvalue weighted by atomic mass is 10.3. The van der Waals surface area contributed by atoms with Crippen LogP contribution in [0.25, 0.3) is 0 Å². The number of hydrogen-bond donors (Lipinski definition) is 0. The minimum Gasteiger partial charge on any atom is -0.376 e. The summed E-state index contributed by atoms with van der Waals surface area (Å²) in [5.41, 5.74) is 1.41. The van der Waals surface area contributed by atoms with Gasteiger partial charge in [0.2, 0.25) is 6.41 Å². The molecule has 90 valence electrons. The smallest absolute Gasteiger partial charge is 0.215 e. The number of hydrogen-bond acceptors (Lipinski definition) is 3. The molecule has 0 aromatic carbocycles. The summed E-state index contributed by atoms with van der Waals surface area (Å²) in [6, 6.07) is 1.80. The Morgan fingerprint density at radius 2 is 2.24 bits per heavy atom.